The van der Waals surface area contributed by atoms with Gasteiger partial charge in [-0.3, -0.25) is 14.2 Å². The highest BCUT2D eigenvalue weighted by molar-refractivity contribution is 7.07. The molecule has 0 spiro atoms. The number of para-hydroxylation sites is 1. The summed E-state index contributed by atoms with van der Waals surface area (Å²) < 4.78 is 26.4. The lowest BCUT2D eigenvalue weighted by atomic mass is 9.81. The van der Waals surface area contributed by atoms with Gasteiger partial charge in [0.15, 0.2) is 4.80 Å². The second-order valence-corrected chi connectivity index (χ2v) is 8.38. The molecule has 2 aliphatic heterocycles. The van der Waals surface area contributed by atoms with Crippen LogP contribution in [0.2, 0.25) is 0 Å². The fourth-order valence-corrected chi connectivity index (χ4v) is 5.24. The van der Waals surface area contributed by atoms with Crippen LogP contribution in [0.15, 0.2) is 58.3 Å². The molecule has 0 saturated heterocycles. The number of thiazole rings is 1. The van der Waals surface area contributed by atoms with Gasteiger partial charge in [0.2, 0.25) is 5.72 Å². The van der Waals surface area contributed by atoms with Crippen LogP contribution in [0.5, 0.6) is 5.75 Å². The highest BCUT2D eigenvalue weighted by Gasteiger charge is 2.55. The van der Waals surface area contributed by atoms with E-state index in [4.69, 9.17) is 9.47 Å². The molecule has 0 N–H and O–H groups in total. The van der Waals surface area contributed by atoms with Crippen molar-refractivity contribution >= 4 is 23.4 Å². The van der Waals surface area contributed by atoms with Gasteiger partial charge in [0.1, 0.15) is 17.5 Å². The van der Waals surface area contributed by atoms with Crippen molar-refractivity contribution in [3.8, 4) is 5.75 Å². The first kappa shape index (κ1) is 18.7. The van der Waals surface area contributed by atoms with Crippen LogP contribution in [0.25, 0.3) is 6.08 Å². The maximum absolute atomic E-state index is 13.4. The summed E-state index contributed by atoms with van der Waals surface area (Å²) in [5, 5.41) is 0. The first-order valence-electron chi connectivity index (χ1n) is 9.35. The van der Waals surface area contributed by atoms with Crippen LogP contribution in [0.4, 0.5) is 4.39 Å². The van der Waals surface area contributed by atoms with E-state index in [0.717, 1.165) is 5.56 Å². The smallest absolute Gasteiger partial charge is 0.317 e. The zero-order valence-corrected chi connectivity index (χ0v) is 17.0. The number of esters is 1. The molecule has 2 aliphatic rings. The molecular weight excluding hydrogens is 407 g/mol. The lowest BCUT2D eigenvalue weighted by molar-refractivity contribution is -0.158. The van der Waals surface area contributed by atoms with Gasteiger partial charge in [-0.1, -0.05) is 41.7 Å². The molecule has 152 valence electrons. The number of methoxy groups -OCH3 is 1. The number of rotatable bonds is 2. The Morgan fingerprint density at radius 1 is 1.27 bits per heavy atom. The van der Waals surface area contributed by atoms with E-state index >= 15 is 0 Å². The van der Waals surface area contributed by atoms with E-state index in [1.807, 2.05) is 18.2 Å². The van der Waals surface area contributed by atoms with Crippen LogP contribution in [0.1, 0.15) is 24.1 Å². The van der Waals surface area contributed by atoms with Crippen LogP contribution in [0.3, 0.4) is 0 Å². The molecule has 1 aromatic heterocycles. The second-order valence-electron chi connectivity index (χ2n) is 7.37. The molecule has 3 aromatic rings. The standard InChI is InChI=1S/C22H17FN2O4S/c1-22-17(20(27)28-2)18(14-5-3-4-6-15(14)29-22)25-19(26)16(30-21(25)24-22)11-12-7-9-13(23)10-8-12/h3-11,17-18H,1-2H3/b16-11+/t17-,18+,22+/m1/s1. The number of fused-ring (bicyclic) bond motifs is 6. The van der Waals surface area contributed by atoms with Gasteiger partial charge < -0.3 is 9.47 Å². The predicted octanol–water partition coefficient (Wildman–Crippen LogP) is 2.00. The molecule has 3 atom stereocenters. The van der Waals surface area contributed by atoms with Crippen molar-refractivity contribution in [2.24, 2.45) is 10.9 Å². The third-order valence-corrected chi connectivity index (χ3v) is 6.49. The Morgan fingerprint density at radius 3 is 2.73 bits per heavy atom. The fourth-order valence-electron chi connectivity index (χ4n) is 4.14. The number of hydrogen-bond donors (Lipinski definition) is 0. The summed E-state index contributed by atoms with van der Waals surface area (Å²) in [7, 11) is 1.31. The number of hydrogen-bond acceptors (Lipinski definition) is 6. The number of carbonyl (C=O) groups excluding carboxylic acids is 1. The molecule has 0 fully saturated rings. The normalized spacial score (nSPS) is 24.3. The summed E-state index contributed by atoms with van der Waals surface area (Å²) >= 11 is 1.21. The van der Waals surface area contributed by atoms with Crippen molar-refractivity contribution in [1.82, 2.24) is 4.57 Å². The molecule has 2 aromatic carbocycles. The van der Waals surface area contributed by atoms with Gasteiger partial charge in [0, 0.05) is 5.56 Å². The maximum atomic E-state index is 13.4. The van der Waals surface area contributed by atoms with Crippen LogP contribution >= 0.6 is 11.3 Å². The average Bonchev–Trinajstić information content (AvgIpc) is 3.02. The third-order valence-electron chi connectivity index (χ3n) is 5.50. The summed E-state index contributed by atoms with van der Waals surface area (Å²) in [4.78, 5) is 31.2. The SMILES string of the molecule is COC(=O)[C@H]1[C@@H]2c3ccccc3O[C@]1(C)N=c1s/c(=C/c3ccc(F)cc3)c(=O)n12. The minimum atomic E-state index is -1.20. The van der Waals surface area contributed by atoms with E-state index in [-0.39, 0.29) is 11.4 Å². The van der Waals surface area contributed by atoms with Crippen LogP contribution in [-0.4, -0.2) is 23.4 Å². The number of nitrogens with zero attached hydrogens (tertiary/aromatic N) is 2. The minimum Gasteiger partial charge on any atom is -0.469 e. The van der Waals surface area contributed by atoms with E-state index in [0.29, 0.717) is 20.6 Å². The van der Waals surface area contributed by atoms with Crippen molar-refractivity contribution in [2.45, 2.75) is 18.7 Å². The molecule has 6 nitrogen and oxygen atoms in total. The number of carbonyl (C=O) groups is 1. The van der Waals surface area contributed by atoms with Crippen LogP contribution in [-0.2, 0) is 9.53 Å². The Hall–Kier alpha value is -3.26. The topological polar surface area (TPSA) is 69.9 Å². The molecule has 0 unspecified atom stereocenters. The molecule has 5 rings (SSSR count). The Balaban J connectivity index is 1.79. The van der Waals surface area contributed by atoms with Crippen molar-refractivity contribution in [2.75, 3.05) is 7.11 Å². The minimum absolute atomic E-state index is 0.263. The van der Waals surface area contributed by atoms with Crippen molar-refractivity contribution in [3.63, 3.8) is 0 Å². The zero-order valence-electron chi connectivity index (χ0n) is 16.2. The van der Waals surface area contributed by atoms with E-state index in [2.05, 4.69) is 4.99 Å². The highest BCUT2D eigenvalue weighted by atomic mass is 32.1. The first-order valence-corrected chi connectivity index (χ1v) is 10.2. The van der Waals surface area contributed by atoms with E-state index in [1.165, 1.54) is 30.6 Å². The molecule has 0 aliphatic carbocycles. The summed E-state index contributed by atoms with van der Waals surface area (Å²) in [6.45, 7) is 1.73. The van der Waals surface area contributed by atoms with Gasteiger partial charge in [0.05, 0.1) is 17.7 Å². The predicted molar refractivity (Wildman–Crippen MR) is 108 cm³/mol. The number of halogens is 1. The van der Waals surface area contributed by atoms with Crippen LogP contribution in [0, 0.1) is 11.7 Å². The Labute approximate surface area is 174 Å². The third kappa shape index (κ3) is 2.71. The van der Waals surface area contributed by atoms with Gasteiger partial charge >= 0.3 is 5.97 Å². The summed E-state index contributed by atoms with van der Waals surface area (Å²) in [5.41, 5.74) is -0.0326. The van der Waals surface area contributed by atoms with E-state index in [1.54, 1.807) is 35.8 Å². The van der Waals surface area contributed by atoms with Gasteiger partial charge in [0.25, 0.3) is 5.56 Å². The Morgan fingerprint density at radius 2 is 2.00 bits per heavy atom. The molecule has 30 heavy (non-hydrogen) atoms. The number of aromatic nitrogens is 1. The van der Waals surface area contributed by atoms with Crippen molar-refractivity contribution in [1.29, 1.82) is 0 Å². The lowest BCUT2D eigenvalue weighted by Gasteiger charge is -2.44. The molecule has 3 heterocycles. The van der Waals surface area contributed by atoms with Gasteiger partial charge in [-0.05, 0) is 36.8 Å². The monoisotopic (exact) mass is 424 g/mol. The second kappa shape index (κ2) is 6.63. The van der Waals surface area contributed by atoms with Gasteiger partial charge in [-0.2, -0.15) is 0 Å². The number of ether oxygens (including phenoxy) is 2. The molecule has 8 heteroatoms. The fraction of sp³-hybridized carbons (Fsp3) is 0.227. The molecule has 0 amide bonds. The van der Waals surface area contributed by atoms with Gasteiger partial charge in [-0.15, -0.1) is 0 Å². The zero-order chi connectivity index (χ0) is 21.0. The Kier molecular flexibility index (Phi) is 4.14. The molecule has 2 bridgehead atoms. The Bertz CT molecular complexity index is 1340. The summed E-state index contributed by atoms with van der Waals surface area (Å²) in [6.07, 6.45) is 1.69. The number of benzene rings is 2. The quantitative estimate of drug-likeness (QED) is 0.590. The van der Waals surface area contributed by atoms with Crippen LogP contribution < -0.4 is 19.6 Å². The van der Waals surface area contributed by atoms with Crippen molar-refractivity contribution in [3.05, 3.63) is 85.2 Å². The maximum Gasteiger partial charge on any atom is 0.317 e. The largest absolute Gasteiger partial charge is 0.469 e. The summed E-state index contributed by atoms with van der Waals surface area (Å²) in [6, 6.07) is 12.6. The van der Waals surface area contributed by atoms with E-state index < -0.39 is 23.7 Å². The molecule has 0 radical (unpaired) electrons. The average molecular weight is 424 g/mol. The highest BCUT2D eigenvalue weighted by Crippen LogP contribution is 2.47. The lowest BCUT2D eigenvalue weighted by Crippen LogP contribution is -2.58. The summed E-state index contributed by atoms with van der Waals surface area (Å²) in [5.74, 6) is -1.06. The van der Waals surface area contributed by atoms with Gasteiger partial charge in [-0.25, -0.2) is 9.38 Å². The first-order chi connectivity index (χ1) is 14.4. The molecular formula is C22H17FN2O4S. The molecule has 0 saturated carbocycles. The van der Waals surface area contributed by atoms with Crippen molar-refractivity contribution < 1.29 is 18.7 Å². The van der Waals surface area contributed by atoms with E-state index in [9.17, 15) is 14.0 Å².